The molecule has 2 aromatic rings. The molecule has 0 radical (unpaired) electrons. The molecule has 1 N–H and O–H groups in total. The zero-order chi connectivity index (χ0) is 20.0. The van der Waals surface area contributed by atoms with E-state index in [0.29, 0.717) is 5.69 Å². The molecule has 6 nitrogen and oxygen atoms in total. The molecule has 0 aliphatic heterocycles. The van der Waals surface area contributed by atoms with E-state index in [9.17, 15) is 13.2 Å². The molecule has 0 fully saturated rings. The zero-order valence-electron chi connectivity index (χ0n) is 16.0. The summed E-state index contributed by atoms with van der Waals surface area (Å²) < 4.78 is 31.3. The van der Waals surface area contributed by atoms with Gasteiger partial charge in [-0.2, -0.15) is 0 Å². The van der Waals surface area contributed by atoms with Gasteiger partial charge in [0.15, 0.2) is 0 Å². The molecule has 0 bridgehead atoms. The molecular formula is C20H26N2O4S. The minimum Gasteiger partial charge on any atom is -0.491 e. The number of para-hydroxylation sites is 2. The fraction of sp³-hybridized carbons (Fsp3) is 0.350. The Labute approximate surface area is 161 Å². The number of nitrogens with zero attached hydrogens (tertiary/aromatic N) is 1. The van der Waals surface area contributed by atoms with Gasteiger partial charge in [0.25, 0.3) is 0 Å². The van der Waals surface area contributed by atoms with Gasteiger partial charge in [-0.25, -0.2) is 8.42 Å². The third kappa shape index (κ3) is 5.72. The van der Waals surface area contributed by atoms with Crippen LogP contribution in [0.25, 0.3) is 0 Å². The first-order valence-electron chi connectivity index (χ1n) is 8.73. The van der Waals surface area contributed by atoms with Gasteiger partial charge in [0, 0.05) is 0 Å². The Balaban J connectivity index is 2.03. The molecule has 2 atom stereocenters. The van der Waals surface area contributed by atoms with E-state index in [2.05, 4.69) is 5.32 Å². The second-order valence-corrected chi connectivity index (χ2v) is 8.42. The average Bonchev–Trinajstić information content (AvgIpc) is 2.60. The van der Waals surface area contributed by atoms with Crippen LogP contribution >= 0.6 is 0 Å². The minimum atomic E-state index is -3.62. The normalized spacial score (nSPS) is 13.5. The standard InChI is InChI=1S/C20H26N2O4S/c1-15-10-8-9-13-19(15)26-14-16(2)21-20(23)17(3)22(27(4,24)25)18-11-6-5-7-12-18/h5-13,16-17H,14H2,1-4H3,(H,21,23)/t16-,17-/m1/s1. The number of nitrogens with one attached hydrogen (secondary N) is 1. The Bertz CT molecular complexity index is 869. The summed E-state index contributed by atoms with van der Waals surface area (Å²) in [6, 6.07) is 15.0. The summed E-state index contributed by atoms with van der Waals surface area (Å²) in [5, 5.41) is 2.82. The molecule has 0 saturated heterocycles. The van der Waals surface area contributed by atoms with Crippen molar-refractivity contribution in [3.8, 4) is 5.75 Å². The van der Waals surface area contributed by atoms with Gasteiger partial charge < -0.3 is 10.1 Å². The van der Waals surface area contributed by atoms with E-state index in [1.165, 1.54) is 0 Å². The largest absolute Gasteiger partial charge is 0.491 e. The molecule has 0 aromatic heterocycles. The van der Waals surface area contributed by atoms with Crippen LogP contribution in [0.4, 0.5) is 5.69 Å². The van der Waals surface area contributed by atoms with Gasteiger partial charge >= 0.3 is 0 Å². The Hall–Kier alpha value is -2.54. The summed E-state index contributed by atoms with van der Waals surface area (Å²) in [7, 11) is -3.62. The van der Waals surface area contributed by atoms with E-state index < -0.39 is 16.1 Å². The summed E-state index contributed by atoms with van der Waals surface area (Å²) in [6.07, 6.45) is 1.09. The molecule has 0 spiro atoms. The predicted octanol–water partition coefficient (Wildman–Crippen LogP) is 2.73. The topological polar surface area (TPSA) is 75.7 Å². The lowest BCUT2D eigenvalue weighted by Crippen LogP contribution is -2.50. The highest BCUT2D eigenvalue weighted by molar-refractivity contribution is 7.92. The van der Waals surface area contributed by atoms with Crippen molar-refractivity contribution in [3.63, 3.8) is 0 Å². The van der Waals surface area contributed by atoms with E-state index in [4.69, 9.17) is 4.74 Å². The van der Waals surface area contributed by atoms with Gasteiger partial charge in [-0.15, -0.1) is 0 Å². The Morgan fingerprint density at radius 1 is 1.07 bits per heavy atom. The van der Waals surface area contributed by atoms with Crippen LogP contribution in [0.15, 0.2) is 54.6 Å². The summed E-state index contributed by atoms with van der Waals surface area (Å²) in [6.45, 7) is 5.62. The Morgan fingerprint density at radius 2 is 1.67 bits per heavy atom. The van der Waals surface area contributed by atoms with Crippen molar-refractivity contribution >= 4 is 21.6 Å². The number of aryl methyl sites for hydroxylation is 1. The number of sulfonamides is 1. The summed E-state index contributed by atoms with van der Waals surface area (Å²) in [5.41, 5.74) is 1.46. The molecular weight excluding hydrogens is 364 g/mol. The number of carbonyl (C=O) groups excluding carboxylic acids is 1. The maximum Gasteiger partial charge on any atom is 0.243 e. The van der Waals surface area contributed by atoms with E-state index in [0.717, 1.165) is 21.9 Å². The number of anilines is 1. The van der Waals surface area contributed by atoms with Gasteiger partial charge in [-0.1, -0.05) is 36.4 Å². The van der Waals surface area contributed by atoms with Gasteiger partial charge in [0.05, 0.1) is 18.0 Å². The van der Waals surface area contributed by atoms with E-state index in [-0.39, 0.29) is 18.6 Å². The summed E-state index contributed by atoms with van der Waals surface area (Å²) >= 11 is 0. The average molecular weight is 391 g/mol. The SMILES string of the molecule is Cc1ccccc1OC[C@@H](C)NC(=O)[C@@H](C)N(c1ccccc1)S(C)(=O)=O. The molecule has 0 aliphatic rings. The van der Waals surface area contributed by atoms with Crippen LogP contribution in [0.3, 0.4) is 0 Å². The fourth-order valence-corrected chi connectivity index (χ4v) is 3.90. The summed E-state index contributed by atoms with van der Waals surface area (Å²) in [4.78, 5) is 12.6. The van der Waals surface area contributed by atoms with Gasteiger partial charge in [0.1, 0.15) is 18.4 Å². The van der Waals surface area contributed by atoms with Crippen LogP contribution < -0.4 is 14.4 Å². The van der Waals surface area contributed by atoms with Gasteiger partial charge in [-0.05, 0) is 44.5 Å². The Kier molecular flexibility index (Phi) is 6.85. The third-order valence-corrected chi connectivity index (χ3v) is 5.31. The molecule has 27 heavy (non-hydrogen) atoms. The molecule has 0 heterocycles. The fourth-order valence-electron chi connectivity index (χ4n) is 2.72. The van der Waals surface area contributed by atoms with Crippen LogP contribution in [0.2, 0.25) is 0 Å². The lowest BCUT2D eigenvalue weighted by Gasteiger charge is -2.29. The van der Waals surface area contributed by atoms with Gasteiger partial charge in [0.2, 0.25) is 15.9 Å². The van der Waals surface area contributed by atoms with Crippen molar-refractivity contribution in [3.05, 3.63) is 60.2 Å². The molecule has 1 amide bonds. The van der Waals surface area contributed by atoms with Crippen molar-refractivity contribution in [2.45, 2.75) is 32.9 Å². The number of rotatable bonds is 8. The van der Waals surface area contributed by atoms with Crippen LogP contribution in [0.1, 0.15) is 19.4 Å². The first kappa shape index (κ1) is 20.8. The molecule has 0 saturated carbocycles. The van der Waals surface area contributed by atoms with Crippen LogP contribution in [-0.2, 0) is 14.8 Å². The first-order valence-corrected chi connectivity index (χ1v) is 10.6. The molecule has 2 rings (SSSR count). The summed E-state index contributed by atoms with van der Waals surface area (Å²) in [5.74, 6) is 0.374. The van der Waals surface area contributed by atoms with Gasteiger partial charge in [-0.3, -0.25) is 9.10 Å². The number of carbonyl (C=O) groups is 1. The number of ether oxygens (including phenoxy) is 1. The van der Waals surface area contributed by atoms with Crippen molar-refractivity contribution < 1.29 is 17.9 Å². The van der Waals surface area contributed by atoms with Crippen LogP contribution in [0.5, 0.6) is 5.75 Å². The molecule has 2 aromatic carbocycles. The molecule has 146 valence electrons. The van der Waals surface area contributed by atoms with Crippen molar-refractivity contribution in [2.24, 2.45) is 0 Å². The lowest BCUT2D eigenvalue weighted by atomic mass is 10.2. The number of hydrogen-bond donors (Lipinski definition) is 1. The zero-order valence-corrected chi connectivity index (χ0v) is 16.9. The Morgan fingerprint density at radius 3 is 2.26 bits per heavy atom. The molecule has 0 unspecified atom stereocenters. The lowest BCUT2D eigenvalue weighted by molar-refractivity contribution is -0.122. The van der Waals surface area contributed by atoms with E-state index >= 15 is 0 Å². The van der Waals surface area contributed by atoms with Crippen molar-refractivity contribution in [1.82, 2.24) is 5.32 Å². The van der Waals surface area contributed by atoms with E-state index in [1.54, 1.807) is 37.3 Å². The number of hydrogen-bond acceptors (Lipinski definition) is 4. The monoisotopic (exact) mass is 390 g/mol. The highest BCUT2D eigenvalue weighted by Crippen LogP contribution is 2.20. The van der Waals surface area contributed by atoms with E-state index in [1.807, 2.05) is 38.1 Å². The highest BCUT2D eigenvalue weighted by atomic mass is 32.2. The smallest absolute Gasteiger partial charge is 0.243 e. The molecule has 7 heteroatoms. The first-order chi connectivity index (χ1) is 12.7. The number of benzene rings is 2. The van der Waals surface area contributed by atoms with Crippen LogP contribution in [-0.4, -0.2) is 39.3 Å². The maximum atomic E-state index is 12.6. The van der Waals surface area contributed by atoms with Crippen molar-refractivity contribution in [2.75, 3.05) is 17.2 Å². The quantitative estimate of drug-likeness (QED) is 0.752. The number of amides is 1. The highest BCUT2D eigenvalue weighted by Gasteiger charge is 2.29. The van der Waals surface area contributed by atoms with Crippen molar-refractivity contribution in [1.29, 1.82) is 0 Å². The second kappa shape index (κ2) is 8.90. The third-order valence-electron chi connectivity index (χ3n) is 4.07. The predicted molar refractivity (Wildman–Crippen MR) is 108 cm³/mol. The second-order valence-electron chi connectivity index (χ2n) is 6.56. The maximum absolute atomic E-state index is 12.6. The van der Waals surface area contributed by atoms with Crippen LogP contribution in [0, 0.1) is 6.92 Å². The minimum absolute atomic E-state index is 0.281. The molecule has 0 aliphatic carbocycles.